The van der Waals surface area contributed by atoms with Crippen LogP contribution < -0.4 is 0 Å². The zero-order chi connectivity index (χ0) is 16.5. The number of benzene rings is 2. The highest BCUT2D eigenvalue weighted by Gasteiger charge is 2.23. The second-order valence-electron chi connectivity index (χ2n) is 5.13. The summed E-state index contributed by atoms with van der Waals surface area (Å²) in [6.07, 6.45) is -1.56. The van der Waals surface area contributed by atoms with Crippen molar-refractivity contribution in [3.05, 3.63) is 66.2 Å². The zero-order valence-electron chi connectivity index (χ0n) is 12.7. The van der Waals surface area contributed by atoms with Crippen molar-refractivity contribution in [2.45, 2.75) is 24.2 Å². The number of esters is 1. The number of hydrogen-bond donors (Lipinski definition) is 2. The van der Waals surface area contributed by atoms with Crippen LogP contribution in [-0.2, 0) is 16.1 Å². The fourth-order valence-electron chi connectivity index (χ4n) is 2.05. The van der Waals surface area contributed by atoms with E-state index in [1.165, 1.54) is 11.8 Å². The maximum Gasteiger partial charge on any atom is 0.310 e. The van der Waals surface area contributed by atoms with E-state index in [2.05, 4.69) is 0 Å². The van der Waals surface area contributed by atoms with E-state index in [4.69, 9.17) is 4.74 Å². The van der Waals surface area contributed by atoms with Crippen LogP contribution in [0.25, 0.3) is 0 Å². The van der Waals surface area contributed by atoms with E-state index in [1.54, 1.807) is 0 Å². The van der Waals surface area contributed by atoms with Crippen LogP contribution in [-0.4, -0.2) is 28.2 Å². The topological polar surface area (TPSA) is 66.8 Å². The van der Waals surface area contributed by atoms with Crippen molar-refractivity contribution in [1.29, 1.82) is 0 Å². The predicted octanol–water partition coefficient (Wildman–Crippen LogP) is 2.84. The Kier molecular flexibility index (Phi) is 7.13. The highest BCUT2D eigenvalue weighted by molar-refractivity contribution is 7.99. The molecule has 2 aromatic carbocycles. The van der Waals surface area contributed by atoms with Crippen LogP contribution in [0.3, 0.4) is 0 Å². The first-order valence-electron chi connectivity index (χ1n) is 7.39. The molecule has 0 heterocycles. The Morgan fingerprint density at radius 2 is 1.61 bits per heavy atom. The lowest BCUT2D eigenvalue weighted by Crippen LogP contribution is -2.25. The van der Waals surface area contributed by atoms with Crippen molar-refractivity contribution in [2.24, 2.45) is 5.92 Å². The third-order valence-electron chi connectivity index (χ3n) is 3.25. The number of hydrogen-bond acceptors (Lipinski definition) is 5. The molecule has 0 amide bonds. The standard InChI is InChI=1S/C18H20O4S/c19-17(20)11-15(13-23-16-9-5-2-6-10-16)18(21)22-12-14-7-3-1-4-8-14/h1-10,15,17,19-20H,11-13H2/t15-/m1/s1. The molecule has 0 aliphatic carbocycles. The molecular formula is C18H20O4S. The maximum absolute atomic E-state index is 12.2. The molecule has 2 N–H and O–H groups in total. The fourth-order valence-corrected chi connectivity index (χ4v) is 3.06. The van der Waals surface area contributed by atoms with Gasteiger partial charge in [0.1, 0.15) is 6.61 Å². The van der Waals surface area contributed by atoms with E-state index < -0.39 is 18.2 Å². The number of thioether (sulfide) groups is 1. The smallest absolute Gasteiger partial charge is 0.310 e. The van der Waals surface area contributed by atoms with Crippen molar-refractivity contribution >= 4 is 17.7 Å². The average molecular weight is 332 g/mol. The van der Waals surface area contributed by atoms with Gasteiger partial charge in [-0.2, -0.15) is 0 Å². The summed E-state index contributed by atoms with van der Waals surface area (Å²) in [5.74, 6) is -0.538. The van der Waals surface area contributed by atoms with Crippen LogP contribution in [0.2, 0.25) is 0 Å². The van der Waals surface area contributed by atoms with Gasteiger partial charge in [0.05, 0.1) is 5.92 Å². The highest BCUT2D eigenvalue weighted by Crippen LogP contribution is 2.23. The molecule has 0 saturated heterocycles. The van der Waals surface area contributed by atoms with Crippen LogP contribution >= 0.6 is 11.8 Å². The number of carbonyl (C=O) groups is 1. The van der Waals surface area contributed by atoms with Gasteiger partial charge in [-0.25, -0.2) is 0 Å². The minimum atomic E-state index is -1.53. The largest absolute Gasteiger partial charge is 0.461 e. The van der Waals surface area contributed by atoms with E-state index in [9.17, 15) is 15.0 Å². The lowest BCUT2D eigenvalue weighted by atomic mass is 10.1. The Labute approximate surface area is 140 Å². The van der Waals surface area contributed by atoms with Gasteiger partial charge in [0.2, 0.25) is 0 Å². The molecule has 4 nitrogen and oxygen atoms in total. The van der Waals surface area contributed by atoms with Crippen molar-refractivity contribution in [3.8, 4) is 0 Å². The van der Waals surface area contributed by atoms with E-state index in [1.807, 2.05) is 60.7 Å². The number of carbonyl (C=O) groups excluding carboxylic acids is 1. The molecule has 0 radical (unpaired) electrons. The first-order chi connectivity index (χ1) is 11.1. The van der Waals surface area contributed by atoms with E-state index >= 15 is 0 Å². The van der Waals surface area contributed by atoms with Gasteiger partial charge < -0.3 is 14.9 Å². The van der Waals surface area contributed by atoms with Gasteiger partial charge in [-0.05, 0) is 17.7 Å². The van der Waals surface area contributed by atoms with Crippen molar-refractivity contribution < 1.29 is 19.7 Å². The molecule has 0 unspecified atom stereocenters. The van der Waals surface area contributed by atoms with E-state index in [0.717, 1.165) is 10.5 Å². The normalized spacial score (nSPS) is 12.1. The molecule has 0 fully saturated rings. The van der Waals surface area contributed by atoms with Gasteiger partial charge in [0, 0.05) is 17.1 Å². The van der Waals surface area contributed by atoms with Gasteiger partial charge in [-0.1, -0.05) is 48.5 Å². The SMILES string of the molecule is O=C(OCc1ccccc1)[C@@H](CSc1ccccc1)CC(O)O. The third kappa shape index (κ3) is 6.44. The molecule has 0 aliphatic rings. The monoisotopic (exact) mass is 332 g/mol. The Balaban J connectivity index is 1.89. The van der Waals surface area contributed by atoms with Gasteiger partial charge >= 0.3 is 5.97 Å². The van der Waals surface area contributed by atoms with Gasteiger partial charge in [0.25, 0.3) is 0 Å². The Morgan fingerprint density at radius 3 is 2.22 bits per heavy atom. The van der Waals surface area contributed by atoms with Crippen LogP contribution in [0.15, 0.2) is 65.6 Å². The zero-order valence-corrected chi connectivity index (χ0v) is 13.5. The summed E-state index contributed by atoms with van der Waals surface area (Å²) in [5, 5.41) is 18.4. The molecule has 122 valence electrons. The summed E-state index contributed by atoms with van der Waals surface area (Å²) in [7, 11) is 0. The first-order valence-corrected chi connectivity index (χ1v) is 8.38. The Hall–Kier alpha value is -1.82. The predicted molar refractivity (Wildman–Crippen MR) is 89.7 cm³/mol. The summed E-state index contributed by atoms with van der Waals surface area (Å²) in [5.41, 5.74) is 0.903. The van der Waals surface area contributed by atoms with Gasteiger partial charge in [-0.15, -0.1) is 11.8 Å². The minimum Gasteiger partial charge on any atom is -0.461 e. The lowest BCUT2D eigenvalue weighted by molar-refractivity contribution is -0.152. The molecule has 0 aliphatic heterocycles. The van der Waals surface area contributed by atoms with E-state index in [0.29, 0.717) is 5.75 Å². The Bertz CT molecular complexity index is 586. The van der Waals surface area contributed by atoms with Crippen LogP contribution in [0, 0.1) is 5.92 Å². The second-order valence-corrected chi connectivity index (χ2v) is 6.22. The van der Waals surface area contributed by atoms with Gasteiger partial charge in [-0.3, -0.25) is 4.79 Å². The molecule has 23 heavy (non-hydrogen) atoms. The first kappa shape index (κ1) is 17.5. The molecule has 2 aromatic rings. The molecule has 1 atom stereocenters. The van der Waals surface area contributed by atoms with E-state index in [-0.39, 0.29) is 13.0 Å². The van der Waals surface area contributed by atoms with Crippen LogP contribution in [0.5, 0.6) is 0 Å². The molecule has 2 rings (SSSR count). The van der Waals surface area contributed by atoms with Crippen molar-refractivity contribution in [2.75, 3.05) is 5.75 Å². The number of ether oxygens (including phenoxy) is 1. The molecule has 0 aromatic heterocycles. The molecule has 0 spiro atoms. The number of aliphatic hydroxyl groups excluding tert-OH is 1. The van der Waals surface area contributed by atoms with Crippen molar-refractivity contribution in [1.82, 2.24) is 0 Å². The number of aliphatic hydroxyl groups is 2. The van der Waals surface area contributed by atoms with Crippen molar-refractivity contribution in [3.63, 3.8) is 0 Å². The van der Waals surface area contributed by atoms with Crippen LogP contribution in [0.1, 0.15) is 12.0 Å². The molecule has 0 bridgehead atoms. The van der Waals surface area contributed by atoms with Crippen LogP contribution in [0.4, 0.5) is 0 Å². The summed E-state index contributed by atoms with van der Waals surface area (Å²) >= 11 is 1.50. The molecule has 0 saturated carbocycles. The fraction of sp³-hybridized carbons (Fsp3) is 0.278. The third-order valence-corrected chi connectivity index (χ3v) is 4.42. The highest BCUT2D eigenvalue weighted by atomic mass is 32.2. The summed E-state index contributed by atoms with van der Waals surface area (Å²) in [6.45, 7) is 0.188. The minimum absolute atomic E-state index is 0.0343. The Morgan fingerprint density at radius 1 is 1.00 bits per heavy atom. The second kappa shape index (κ2) is 9.35. The molecule has 5 heteroatoms. The summed E-state index contributed by atoms with van der Waals surface area (Å²) < 4.78 is 5.31. The summed E-state index contributed by atoms with van der Waals surface area (Å²) in [4.78, 5) is 13.2. The van der Waals surface area contributed by atoms with Gasteiger partial charge in [0.15, 0.2) is 6.29 Å². The molecular weight excluding hydrogens is 312 g/mol. The lowest BCUT2D eigenvalue weighted by Gasteiger charge is -2.16. The number of rotatable bonds is 8. The summed E-state index contributed by atoms with van der Waals surface area (Å²) in [6, 6.07) is 19.1. The maximum atomic E-state index is 12.2. The quantitative estimate of drug-likeness (QED) is 0.442. The average Bonchev–Trinajstić information content (AvgIpc) is 2.58.